The molecule has 0 spiro atoms. The first-order valence-corrected chi connectivity index (χ1v) is 9.36. The molecule has 2 N–H and O–H groups in total. The van der Waals surface area contributed by atoms with Crippen molar-refractivity contribution in [2.75, 3.05) is 32.7 Å². The molecule has 0 aromatic heterocycles. The molecular formula is C20H33N3O2. The minimum absolute atomic E-state index is 0.110. The zero-order valence-electron chi connectivity index (χ0n) is 16.1. The highest BCUT2D eigenvalue weighted by molar-refractivity contribution is 5.74. The molecule has 2 rings (SSSR count). The van der Waals surface area contributed by atoms with Gasteiger partial charge in [0.2, 0.25) is 0 Å². The SMILES string of the molecule is CCN(CC(C)(C)O)C(=O)NCC(c1ccc(C)cc1)N1CCCC1. The van der Waals surface area contributed by atoms with Gasteiger partial charge in [-0.1, -0.05) is 29.8 Å². The third kappa shape index (κ3) is 6.01. The number of hydrogen-bond acceptors (Lipinski definition) is 3. The molecule has 1 atom stereocenters. The maximum Gasteiger partial charge on any atom is 0.317 e. The van der Waals surface area contributed by atoms with Gasteiger partial charge in [-0.05, 0) is 59.2 Å². The second kappa shape index (κ2) is 8.68. The molecule has 0 aliphatic carbocycles. The van der Waals surface area contributed by atoms with Crippen LogP contribution in [-0.4, -0.2) is 59.3 Å². The fraction of sp³-hybridized carbons (Fsp3) is 0.650. The summed E-state index contributed by atoms with van der Waals surface area (Å²) in [4.78, 5) is 16.7. The normalized spacial score (nSPS) is 16.7. The number of carbonyl (C=O) groups excluding carboxylic acids is 1. The molecule has 0 radical (unpaired) electrons. The van der Waals surface area contributed by atoms with Gasteiger partial charge >= 0.3 is 6.03 Å². The minimum atomic E-state index is -0.890. The van der Waals surface area contributed by atoms with E-state index in [1.807, 2.05) is 6.92 Å². The molecule has 1 fully saturated rings. The number of likely N-dealkylation sites (N-methyl/N-ethyl adjacent to an activating group) is 1. The second-order valence-electron chi connectivity index (χ2n) is 7.68. The third-order valence-corrected chi connectivity index (χ3v) is 4.74. The van der Waals surface area contributed by atoms with Crippen molar-refractivity contribution in [3.63, 3.8) is 0 Å². The summed E-state index contributed by atoms with van der Waals surface area (Å²) in [5.41, 5.74) is 1.60. The molecule has 1 aliphatic heterocycles. The van der Waals surface area contributed by atoms with Gasteiger partial charge in [0.15, 0.2) is 0 Å². The molecule has 5 heteroatoms. The molecule has 140 valence electrons. The number of nitrogens with one attached hydrogen (secondary N) is 1. The van der Waals surface area contributed by atoms with Gasteiger partial charge in [0, 0.05) is 13.1 Å². The van der Waals surface area contributed by atoms with Crippen molar-refractivity contribution < 1.29 is 9.90 Å². The second-order valence-corrected chi connectivity index (χ2v) is 7.68. The van der Waals surface area contributed by atoms with Gasteiger partial charge in [0.05, 0.1) is 18.2 Å². The van der Waals surface area contributed by atoms with E-state index >= 15 is 0 Å². The molecule has 2 amide bonds. The molecule has 1 heterocycles. The number of benzene rings is 1. The Hall–Kier alpha value is -1.59. The Balaban J connectivity index is 2.03. The Labute approximate surface area is 152 Å². The lowest BCUT2D eigenvalue weighted by Crippen LogP contribution is -2.48. The molecular weight excluding hydrogens is 314 g/mol. The molecule has 1 saturated heterocycles. The predicted molar refractivity (Wildman–Crippen MR) is 102 cm³/mol. The summed E-state index contributed by atoms with van der Waals surface area (Å²) >= 11 is 0. The van der Waals surface area contributed by atoms with Crippen molar-refractivity contribution in [1.82, 2.24) is 15.1 Å². The van der Waals surface area contributed by atoms with E-state index < -0.39 is 5.60 Å². The summed E-state index contributed by atoms with van der Waals surface area (Å²) in [5, 5.41) is 13.1. The van der Waals surface area contributed by atoms with Crippen LogP contribution in [0.5, 0.6) is 0 Å². The number of nitrogens with zero attached hydrogens (tertiary/aromatic N) is 2. The van der Waals surface area contributed by atoms with Crippen LogP contribution in [0.4, 0.5) is 4.79 Å². The van der Waals surface area contributed by atoms with E-state index in [4.69, 9.17) is 0 Å². The molecule has 1 aliphatic rings. The molecule has 0 bridgehead atoms. The van der Waals surface area contributed by atoms with Gasteiger partial charge in [0.1, 0.15) is 0 Å². The fourth-order valence-corrected chi connectivity index (χ4v) is 3.39. The van der Waals surface area contributed by atoms with Crippen molar-refractivity contribution >= 4 is 6.03 Å². The number of rotatable bonds is 7. The van der Waals surface area contributed by atoms with Crippen LogP contribution < -0.4 is 5.32 Å². The first-order valence-electron chi connectivity index (χ1n) is 9.36. The van der Waals surface area contributed by atoms with Crippen LogP contribution in [-0.2, 0) is 0 Å². The van der Waals surface area contributed by atoms with E-state index in [-0.39, 0.29) is 12.1 Å². The number of aryl methyl sites for hydroxylation is 1. The zero-order chi connectivity index (χ0) is 18.4. The van der Waals surface area contributed by atoms with Gasteiger partial charge < -0.3 is 15.3 Å². The van der Waals surface area contributed by atoms with Crippen molar-refractivity contribution in [1.29, 1.82) is 0 Å². The Morgan fingerprint density at radius 1 is 1.28 bits per heavy atom. The van der Waals surface area contributed by atoms with Gasteiger partial charge in [-0.15, -0.1) is 0 Å². The average molecular weight is 348 g/mol. The lowest BCUT2D eigenvalue weighted by molar-refractivity contribution is 0.0477. The summed E-state index contributed by atoms with van der Waals surface area (Å²) in [6.07, 6.45) is 2.44. The van der Waals surface area contributed by atoms with Crippen LogP contribution in [0.1, 0.15) is 50.8 Å². The number of hydrogen-bond donors (Lipinski definition) is 2. The molecule has 1 aromatic carbocycles. The highest BCUT2D eigenvalue weighted by atomic mass is 16.3. The number of likely N-dealkylation sites (tertiary alicyclic amines) is 1. The predicted octanol–water partition coefficient (Wildman–Crippen LogP) is 2.93. The summed E-state index contributed by atoms with van der Waals surface area (Å²) in [7, 11) is 0. The smallest absolute Gasteiger partial charge is 0.317 e. The monoisotopic (exact) mass is 347 g/mol. The van der Waals surface area contributed by atoms with E-state index in [2.05, 4.69) is 41.4 Å². The summed E-state index contributed by atoms with van der Waals surface area (Å²) in [6, 6.07) is 8.69. The van der Waals surface area contributed by atoms with Crippen LogP contribution in [0.3, 0.4) is 0 Å². The highest BCUT2D eigenvalue weighted by Gasteiger charge is 2.26. The Bertz CT molecular complexity index is 545. The number of urea groups is 1. The Kier molecular flexibility index (Phi) is 6.85. The van der Waals surface area contributed by atoms with Crippen molar-refractivity contribution in [3.05, 3.63) is 35.4 Å². The summed E-state index contributed by atoms with van der Waals surface area (Å²) < 4.78 is 0. The maximum absolute atomic E-state index is 12.5. The van der Waals surface area contributed by atoms with Crippen molar-refractivity contribution in [2.24, 2.45) is 0 Å². The van der Waals surface area contributed by atoms with Gasteiger partial charge in [-0.25, -0.2) is 4.79 Å². The van der Waals surface area contributed by atoms with E-state index in [0.717, 1.165) is 13.1 Å². The fourth-order valence-electron chi connectivity index (χ4n) is 3.39. The molecule has 5 nitrogen and oxygen atoms in total. The quantitative estimate of drug-likeness (QED) is 0.797. The largest absolute Gasteiger partial charge is 0.389 e. The number of carbonyl (C=O) groups is 1. The number of amides is 2. The average Bonchev–Trinajstić information content (AvgIpc) is 3.07. The standard InChI is InChI=1S/C20H33N3O2/c1-5-22(15-20(3,4)25)19(24)21-14-18(23-12-6-7-13-23)17-10-8-16(2)9-11-17/h8-11,18,25H,5-7,12-15H2,1-4H3,(H,21,24). The highest BCUT2D eigenvalue weighted by Crippen LogP contribution is 2.25. The van der Waals surface area contributed by atoms with Crippen LogP contribution in [0.15, 0.2) is 24.3 Å². The third-order valence-electron chi connectivity index (χ3n) is 4.74. The number of aliphatic hydroxyl groups is 1. The Morgan fingerprint density at radius 2 is 1.88 bits per heavy atom. The van der Waals surface area contributed by atoms with Crippen LogP contribution in [0.25, 0.3) is 0 Å². The van der Waals surface area contributed by atoms with Crippen LogP contribution in [0.2, 0.25) is 0 Å². The van der Waals surface area contributed by atoms with E-state index in [9.17, 15) is 9.90 Å². The maximum atomic E-state index is 12.5. The summed E-state index contributed by atoms with van der Waals surface area (Å²) in [5.74, 6) is 0. The first kappa shape index (κ1) is 19.7. The molecule has 1 aromatic rings. The molecule has 1 unspecified atom stereocenters. The van der Waals surface area contributed by atoms with Crippen LogP contribution in [0, 0.1) is 6.92 Å². The lowest BCUT2D eigenvalue weighted by Gasteiger charge is -2.31. The molecule has 25 heavy (non-hydrogen) atoms. The topological polar surface area (TPSA) is 55.8 Å². The zero-order valence-corrected chi connectivity index (χ0v) is 16.1. The molecule has 0 saturated carbocycles. The van der Waals surface area contributed by atoms with Gasteiger partial charge in [-0.2, -0.15) is 0 Å². The Morgan fingerprint density at radius 3 is 2.40 bits per heavy atom. The van der Waals surface area contributed by atoms with E-state index in [0.29, 0.717) is 19.6 Å². The van der Waals surface area contributed by atoms with E-state index in [1.165, 1.54) is 24.0 Å². The van der Waals surface area contributed by atoms with Crippen LogP contribution >= 0.6 is 0 Å². The lowest BCUT2D eigenvalue weighted by atomic mass is 10.0. The van der Waals surface area contributed by atoms with Gasteiger partial charge in [-0.3, -0.25) is 4.90 Å². The minimum Gasteiger partial charge on any atom is -0.389 e. The van der Waals surface area contributed by atoms with E-state index in [1.54, 1.807) is 18.7 Å². The summed E-state index contributed by atoms with van der Waals surface area (Å²) in [6.45, 7) is 11.1. The van der Waals surface area contributed by atoms with Crippen molar-refractivity contribution in [3.8, 4) is 0 Å². The van der Waals surface area contributed by atoms with Gasteiger partial charge in [0.25, 0.3) is 0 Å². The first-order chi connectivity index (χ1) is 11.8. The van der Waals surface area contributed by atoms with Crippen molar-refractivity contribution in [2.45, 2.75) is 52.2 Å².